The lowest BCUT2D eigenvalue weighted by Gasteiger charge is -2.33. The summed E-state index contributed by atoms with van der Waals surface area (Å²) < 4.78 is 0. The van der Waals surface area contributed by atoms with E-state index in [1.807, 2.05) is 18.3 Å². The molecular weight excluding hydrogens is 250 g/mol. The highest BCUT2D eigenvalue weighted by atomic mass is 15.2. The normalized spacial score (nSPS) is 16.6. The molecule has 1 saturated heterocycles. The third-order valence-corrected chi connectivity index (χ3v) is 3.96. The van der Waals surface area contributed by atoms with E-state index in [0.717, 1.165) is 49.7 Å². The SMILES string of the molecule is Cc1[nH]cnc1CNC1CCN(c2ccccn2)CC1. The molecule has 1 aliphatic rings. The van der Waals surface area contributed by atoms with Crippen LogP contribution in [-0.2, 0) is 6.54 Å². The molecule has 0 radical (unpaired) electrons. The van der Waals surface area contributed by atoms with E-state index < -0.39 is 0 Å². The van der Waals surface area contributed by atoms with Gasteiger partial charge in [0.1, 0.15) is 5.82 Å². The number of hydrogen-bond donors (Lipinski definition) is 2. The summed E-state index contributed by atoms with van der Waals surface area (Å²) in [6, 6.07) is 6.67. The summed E-state index contributed by atoms with van der Waals surface area (Å²) in [5, 5.41) is 3.61. The van der Waals surface area contributed by atoms with Gasteiger partial charge in [-0.1, -0.05) is 6.07 Å². The number of piperidine rings is 1. The van der Waals surface area contributed by atoms with Crippen molar-refractivity contribution in [1.82, 2.24) is 20.3 Å². The minimum atomic E-state index is 0.575. The van der Waals surface area contributed by atoms with Crippen molar-refractivity contribution in [3.63, 3.8) is 0 Å². The molecule has 1 fully saturated rings. The third kappa shape index (κ3) is 2.99. The zero-order valence-corrected chi connectivity index (χ0v) is 11.8. The molecule has 0 saturated carbocycles. The fourth-order valence-electron chi connectivity index (χ4n) is 2.66. The number of aromatic amines is 1. The Balaban J connectivity index is 1.48. The van der Waals surface area contributed by atoms with Crippen molar-refractivity contribution in [3.8, 4) is 0 Å². The van der Waals surface area contributed by atoms with E-state index in [1.165, 1.54) is 0 Å². The maximum absolute atomic E-state index is 4.42. The van der Waals surface area contributed by atoms with Crippen LogP contribution in [0.15, 0.2) is 30.7 Å². The van der Waals surface area contributed by atoms with Crippen molar-refractivity contribution in [2.45, 2.75) is 32.4 Å². The molecular formula is C15H21N5. The number of nitrogens with one attached hydrogen (secondary N) is 2. The van der Waals surface area contributed by atoms with E-state index in [1.54, 1.807) is 6.33 Å². The van der Waals surface area contributed by atoms with Gasteiger partial charge in [-0.3, -0.25) is 0 Å². The molecule has 1 aliphatic heterocycles. The molecule has 2 N–H and O–H groups in total. The van der Waals surface area contributed by atoms with Crippen LogP contribution in [-0.4, -0.2) is 34.1 Å². The Morgan fingerprint density at radius 3 is 2.80 bits per heavy atom. The quantitative estimate of drug-likeness (QED) is 0.891. The van der Waals surface area contributed by atoms with Gasteiger partial charge in [-0.25, -0.2) is 9.97 Å². The summed E-state index contributed by atoms with van der Waals surface area (Å²) >= 11 is 0. The lowest BCUT2D eigenvalue weighted by Crippen LogP contribution is -2.42. The van der Waals surface area contributed by atoms with Crippen LogP contribution >= 0.6 is 0 Å². The average molecular weight is 271 g/mol. The first-order valence-electron chi connectivity index (χ1n) is 7.21. The first-order valence-corrected chi connectivity index (χ1v) is 7.21. The zero-order chi connectivity index (χ0) is 13.8. The van der Waals surface area contributed by atoms with Gasteiger partial charge >= 0.3 is 0 Å². The van der Waals surface area contributed by atoms with Crippen LogP contribution in [0.5, 0.6) is 0 Å². The minimum absolute atomic E-state index is 0.575. The summed E-state index contributed by atoms with van der Waals surface area (Å²) in [4.78, 5) is 14.2. The van der Waals surface area contributed by atoms with Gasteiger partial charge < -0.3 is 15.2 Å². The number of hydrogen-bond acceptors (Lipinski definition) is 4. The molecule has 3 heterocycles. The number of imidazole rings is 1. The van der Waals surface area contributed by atoms with Gasteiger partial charge in [0.2, 0.25) is 0 Å². The summed E-state index contributed by atoms with van der Waals surface area (Å²) in [6.07, 6.45) is 5.93. The van der Waals surface area contributed by atoms with Crippen molar-refractivity contribution in [1.29, 1.82) is 0 Å². The number of rotatable bonds is 4. The molecule has 0 aliphatic carbocycles. The summed E-state index contributed by atoms with van der Waals surface area (Å²) in [7, 11) is 0. The van der Waals surface area contributed by atoms with Gasteiger partial charge in [0.15, 0.2) is 0 Å². The van der Waals surface area contributed by atoms with E-state index in [4.69, 9.17) is 0 Å². The second-order valence-corrected chi connectivity index (χ2v) is 5.30. The molecule has 0 bridgehead atoms. The minimum Gasteiger partial charge on any atom is -0.357 e. The highest BCUT2D eigenvalue weighted by molar-refractivity contribution is 5.38. The fourth-order valence-corrected chi connectivity index (χ4v) is 2.66. The molecule has 2 aromatic heterocycles. The van der Waals surface area contributed by atoms with Crippen LogP contribution in [0.2, 0.25) is 0 Å². The van der Waals surface area contributed by atoms with E-state index in [9.17, 15) is 0 Å². The number of aryl methyl sites for hydroxylation is 1. The molecule has 3 rings (SSSR count). The van der Waals surface area contributed by atoms with E-state index in [2.05, 4.69) is 38.2 Å². The number of H-pyrrole nitrogens is 1. The summed E-state index contributed by atoms with van der Waals surface area (Å²) in [5.41, 5.74) is 2.28. The van der Waals surface area contributed by atoms with Crippen LogP contribution in [0.1, 0.15) is 24.2 Å². The molecule has 0 spiro atoms. The number of nitrogens with zero attached hydrogens (tertiary/aromatic N) is 3. The Hall–Kier alpha value is -1.88. The van der Waals surface area contributed by atoms with Gasteiger partial charge in [0.05, 0.1) is 12.0 Å². The molecule has 5 nitrogen and oxygen atoms in total. The number of aromatic nitrogens is 3. The van der Waals surface area contributed by atoms with Crippen LogP contribution in [0.25, 0.3) is 0 Å². The number of anilines is 1. The molecule has 106 valence electrons. The maximum atomic E-state index is 4.42. The van der Waals surface area contributed by atoms with Crippen molar-refractivity contribution >= 4 is 5.82 Å². The van der Waals surface area contributed by atoms with Gasteiger partial charge in [0, 0.05) is 37.6 Å². The van der Waals surface area contributed by atoms with Gasteiger partial charge in [0.25, 0.3) is 0 Å². The monoisotopic (exact) mass is 271 g/mol. The fraction of sp³-hybridized carbons (Fsp3) is 0.467. The summed E-state index contributed by atoms with van der Waals surface area (Å²) in [6.45, 7) is 5.04. The summed E-state index contributed by atoms with van der Waals surface area (Å²) in [5.74, 6) is 1.09. The van der Waals surface area contributed by atoms with Crippen LogP contribution in [0, 0.1) is 6.92 Å². The molecule has 0 atom stereocenters. The average Bonchev–Trinajstić information content (AvgIpc) is 2.92. The molecule has 0 amide bonds. The third-order valence-electron chi connectivity index (χ3n) is 3.96. The van der Waals surface area contributed by atoms with Gasteiger partial charge in [-0.2, -0.15) is 0 Å². The highest BCUT2D eigenvalue weighted by Crippen LogP contribution is 2.17. The molecule has 0 unspecified atom stereocenters. The van der Waals surface area contributed by atoms with Crippen molar-refractivity contribution < 1.29 is 0 Å². The smallest absolute Gasteiger partial charge is 0.128 e. The lowest BCUT2D eigenvalue weighted by molar-refractivity contribution is 0.410. The topological polar surface area (TPSA) is 56.8 Å². The predicted molar refractivity (Wildman–Crippen MR) is 79.6 cm³/mol. The standard InChI is InChI=1S/C15H21N5/c1-12-14(19-11-18-12)10-17-13-5-8-20(9-6-13)15-4-2-3-7-16-15/h2-4,7,11,13,17H,5-6,8-10H2,1H3,(H,18,19). The second kappa shape index (κ2) is 6.05. The van der Waals surface area contributed by atoms with E-state index in [-0.39, 0.29) is 0 Å². The Kier molecular flexibility index (Phi) is 3.97. The van der Waals surface area contributed by atoms with E-state index in [0.29, 0.717) is 6.04 Å². The van der Waals surface area contributed by atoms with Crippen molar-refractivity contribution in [2.24, 2.45) is 0 Å². The van der Waals surface area contributed by atoms with Crippen molar-refractivity contribution in [2.75, 3.05) is 18.0 Å². The van der Waals surface area contributed by atoms with Gasteiger partial charge in [-0.15, -0.1) is 0 Å². The first kappa shape index (κ1) is 13.1. The Labute approximate surface area is 119 Å². The van der Waals surface area contributed by atoms with Gasteiger partial charge in [-0.05, 0) is 31.9 Å². The van der Waals surface area contributed by atoms with E-state index >= 15 is 0 Å². The Bertz CT molecular complexity index is 528. The maximum Gasteiger partial charge on any atom is 0.128 e. The Morgan fingerprint density at radius 2 is 2.15 bits per heavy atom. The first-order chi connectivity index (χ1) is 9.83. The largest absolute Gasteiger partial charge is 0.357 e. The predicted octanol–water partition coefficient (Wildman–Crippen LogP) is 1.87. The molecule has 20 heavy (non-hydrogen) atoms. The Morgan fingerprint density at radius 1 is 1.30 bits per heavy atom. The molecule has 0 aromatic carbocycles. The number of pyridine rings is 1. The highest BCUT2D eigenvalue weighted by Gasteiger charge is 2.19. The van der Waals surface area contributed by atoms with Crippen molar-refractivity contribution in [3.05, 3.63) is 42.1 Å². The molecule has 5 heteroatoms. The van der Waals surface area contributed by atoms with Crippen LogP contribution in [0.4, 0.5) is 5.82 Å². The van der Waals surface area contributed by atoms with Crippen LogP contribution < -0.4 is 10.2 Å². The second-order valence-electron chi connectivity index (χ2n) is 5.30. The zero-order valence-electron chi connectivity index (χ0n) is 11.8. The van der Waals surface area contributed by atoms with Crippen LogP contribution in [0.3, 0.4) is 0 Å². The lowest BCUT2D eigenvalue weighted by atomic mass is 10.0. The molecule has 2 aromatic rings.